The van der Waals surface area contributed by atoms with Crippen LogP contribution in [0.25, 0.3) is 0 Å². The van der Waals surface area contributed by atoms with Gasteiger partial charge in [0.15, 0.2) is 0 Å². The maximum atomic E-state index is 5.60. The van der Waals surface area contributed by atoms with Crippen molar-refractivity contribution in [1.29, 1.82) is 0 Å². The second-order valence-corrected chi connectivity index (χ2v) is 6.38. The van der Waals surface area contributed by atoms with Gasteiger partial charge in [-0.05, 0) is 31.7 Å². The minimum atomic E-state index is 0.500. The van der Waals surface area contributed by atoms with Crippen LogP contribution >= 0.6 is 0 Å². The van der Waals surface area contributed by atoms with Crippen LogP contribution in [0.4, 0.5) is 5.88 Å². The molecule has 0 amide bonds. The lowest BCUT2D eigenvalue weighted by atomic mass is 10.1. The zero-order chi connectivity index (χ0) is 14.9. The van der Waals surface area contributed by atoms with Crippen LogP contribution in [0.15, 0.2) is 40.9 Å². The second-order valence-electron chi connectivity index (χ2n) is 6.38. The van der Waals surface area contributed by atoms with E-state index in [1.54, 1.807) is 0 Å². The largest absolute Gasteiger partial charge is 0.381 e. The van der Waals surface area contributed by atoms with Gasteiger partial charge in [-0.15, -0.1) is 0 Å². The summed E-state index contributed by atoms with van der Waals surface area (Å²) in [6, 6.07) is 13.9. The Balaban J connectivity index is 1.58. The topological polar surface area (TPSA) is 38.5 Å². The SMILES string of the molecule is Cc1cc(N(C2CCOCC2)[C@@H]2C[C@H]2c2ccccc2)on1. The number of anilines is 1. The molecular formula is C18H22N2O2. The molecule has 2 atom stereocenters. The summed E-state index contributed by atoms with van der Waals surface area (Å²) in [5, 5.41) is 4.09. The van der Waals surface area contributed by atoms with Gasteiger partial charge in [-0.25, -0.2) is 0 Å². The van der Waals surface area contributed by atoms with Crippen LogP contribution in [0.2, 0.25) is 0 Å². The molecule has 4 nitrogen and oxygen atoms in total. The van der Waals surface area contributed by atoms with E-state index in [0.717, 1.165) is 37.6 Å². The van der Waals surface area contributed by atoms with Gasteiger partial charge in [-0.3, -0.25) is 0 Å². The highest BCUT2D eigenvalue weighted by Crippen LogP contribution is 2.48. The number of benzene rings is 1. The number of hydrogen-bond donors (Lipinski definition) is 0. The Hall–Kier alpha value is -1.81. The number of nitrogens with zero attached hydrogens (tertiary/aromatic N) is 2. The molecular weight excluding hydrogens is 276 g/mol. The minimum absolute atomic E-state index is 0.500. The number of aromatic nitrogens is 1. The number of ether oxygens (including phenoxy) is 1. The number of rotatable bonds is 4. The lowest BCUT2D eigenvalue weighted by Crippen LogP contribution is -2.41. The van der Waals surface area contributed by atoms with Gasteiger partial charge in [0.05, 0.1) is 5.69 Å². The molecule has 0 N–H and O–H groups in total. The van der Waals surface area contributed by atoms with Gasteiger partial charge in [-0.2, -0.15) is 0 Å². The summed E-state index contributed by atoms with van der Waals surface area (Å²) in [5.74, 6) is 1.53. The van der Waals surface area contributed by atoms with Gasteiger partial charge in [0, 0.05) is 37.3 Å². The monoisotopic (exact) mass is 298 g/mol. The molecule has 1 aromatic heterocycles. The Kier molecular flexibility index (Phi) is 3.62. The molecule has 0 radical (unpaired) electrons. The average Bonchev–Trinajstić information content (AvgIpc) is 3.23. The molecule has 2 aromatic rings. The van der Waals surface area contributed by atoms with Crippen LogP contribution in [0.1, 0.15) is 36.4 Å². The summed E-state index contributed by atoms with van der Waals surface area (Å²) in [4.78, 5) is 2.47. The zero-order valence-corrected chi connectivity index (χ0v) is 12.9. The van der Waals surface area contributed by atoms with E-state index in [9.17, 15) is 0 Å². The smallest absolute Gasteiger partial charge is 0.227 e. The first kappa shape index (κ1) is 13.8. The first-order valence-electron chi connectivity index (χ1n) is 8.17. The van der Waals surface area contributed by atoms with Crippen LogP contribution in [-0.4, -0.2) is 30.5 Å². The maximum absolute atomic E-state index is 5.60. The molecule has 22 heavy (non-hydrogen) atoms. The van der Waals surface area contributed by atoms with Gasteiger partial charge in [-0.1, -0.05) is 35.5 Å². The van der Waals surface area contributed by atoms with Crippen molar-refractivity contribution in [3.63, 3.8) is 0 Å². The van der Waals surface area contributed by atoms with Crippen molar-refractivity contribution in [2.45, 2.75) is 44.2 Å². The predicted molar refractivity (Wildman–Crippen MR) is 85.1 cm³/mol. The summed E-state index contributed by atoms with van der Waals surface area (Å²) in [5.41, 5.74) is 2.38. The first-order valence-corrected chi connectivity index (χ1v) is 8.17. The number of aryl methyl sites for hydroxylation is 1. The van der Waals surface area contributed by atoms with Gasteiger partial charge in [0.1, 0.15) is 0 Å². The molecule has 0 spiro atoms. The molecule has 2 heterocycles. The molecule has 1 aromatic carbocycles. The van der Waals surface area contributed by atoms with Gasteiger partial charge < -0.3 is 14.2 Å². The summed E-state index contributed by atoms with van der Waals surface area (Å²) >= 11 is 0. The quantitative estimate of drug-likeness (QED) is 0.865. The Morgan fingerprint density at radius 2 is 1.91 bits per heavy atom. The lowest BCUT2D eigenvalue weighted by molar-refractivity contribution is 0.0829. The van der Waals surface area contributed by atoms with Crippen LogP contribution in [0.3, 0.4) is 0 Å². The molecule has 2 aliphatic rings. The molecule has 1 aliphatic carbocycles. The Labute approximate surface area is 131 Å². The van der Waals surface area contributed by atoms with Gasteiger partial charge in [0.2, 0.25) is 5.88 Å². The van der Waals surface area contributed by atoms with Crippen molar-refractivity contribution in [2.24, 2.45) is 0 Å². The first-order chi connectivity index (χ1) is 10.8. The van der Waals surface area contributed by atoms with Crippen molar-refractivity contribution in [1.82, 2.24) is 5.16 Å². The molecule has 1 saturated heterocycles. The van der Waals surface area contributed by atoms with E-state index in [1.165, 1.54) is 12.0 Å². The average molecular weight is 298 g/mol. The normalized spacial score (nSPS) is 25.1. The van der Waals surface area contributed by atoms with E-state index in [-0.39, 0.29) is 0 Å². The van der Waals surface area contributed by atoms with E-state index in [1.807, 2.05) is 6.92 Å². The zero-order valence-electron chi connectivity index (χ0n) is 12.9. The lowest BCUT2D eigenvalue weighted by Gasteiger charge is -2.34. The Morgan fingerprint density at radius 3 is 2.59 bits per heavy atom. The second kappa shape index (κ2) is 5.76. The third kappa shape index (κ3) is 2.63. The van der Waals surface area contributed by atoms with Crippen molar-refractivity contribution >= 4 is 5.88 Å². The summed E-state index contributed by atoms with van der Waals surface area (Å²) in [6.45, 7) is 3.67. The fourth-order valence-corrected chi connectivity index (χ4v) is 3.60. The van der Waals surface area contributed by atoms with Crippen molar-refractivity contribution in [3.05, 3.63) is 47.7 Å². The minimum Gasteiger partial charge on any atom is -0.381 e. The summed E-state index contributed by atoms with van der Waals surface area (Å²) in [7, 11) is 0. The van der Waals surface area contributed by atoms with Gasteiger partial charge >= 0.3 is 0 Å². The molecule has 116 valence electrons. The summed E-state index contributed by atoms with van der Waals surface area (Å²) in [6.07, 6.45) is 3.33. The molecule has 1 saturated carbocycles. The van der Waals surface area contributed by atoms with E-state index in [2.05, 4.69) is 46.5 Å². The summed E-state index contributed by atoms with van der Waals surface area (Å²) < 4.78 is 11.1. The van der Waals surface area contributed by atoms with Crippen molar-refractivity contribution in [2.75, 3.05) is 18.1 Å². The molecule has 0 unspecified atom stereocenters. The van der Waals surface area contributed by atoms with Crippen LogP contribution in [-0.2, 0) is 4.74 Å². The van der Waals surface area contributed by atoms with Gasteiger partial charge in [0.25, 0.3) is 0 Å². The van der Waals surface area contributed by atoms with E-state index in [4.69, 9.17) is 9.26 Å². The molecule has 2 fully saturated rings. The molecule has 1 aliphatic heterocycles. The highest BCUT2D eigenvalue weighted by atomic mass is 16.5. The van der Waals surface area contributed by atoms with E-state index in [0.29, 0.717) is 18.0 Å². The van der Waals surface area contributed by atoms with Crippen molar-refractivity contribution in [3.8, 4) is 0 Å². The van der Waals surface area contributed by atoms with Crippen LogP contribution < -0.4 is 4.90 Å². The molecule has 4 rings (SSSR count). The fourth-order valence-electron chi connectivity index (χ4n) is 3.60. The maximum Gasteiger partial charge on any atom is 0.227 e. The predicted octanol–water partition coefficient (Wildman–Crippen LogP) is 3.52. The molecule has 0 bridgehead atoms. The van der Waals surface area contributed by atoms with Crippen LogP contribution in [0, 0.1) is 6.92 Å². The highest BCUT2D eigenvalue weighted by molar-refractivity contribution is 5.45. The van der Waals surface area contributed by atoms with Crippen molar-refractivity contribution < 1.29 is 9.26 Å². The fraction of sp³-hybridized carbons (Fsp3) is 0.500. The van der Waals surface area contributed by atoms with E-state index < -0.39 is 0 Å². The third-order valence-electron chi connectivity index (χ3n) is 4.80. The Bertz CT molecular complexity index is 619. The van der Waals surface area contributed by atoms with Crippen LogP contribution in [0.5, 0.6) is 0 Å². The van der Waals surface area contributed by atoms with E-state index >= 15 is 0 Å². The number of hydrogen-bond acceptors (Lipinski definition) is 4. The Morgan fingerprint density at radius 1 is 1.14 bits per heavy atom. The third-order valence-corrected chi connectivity index (χ3v) is 4.80. The molecule has 4 heteroatoms. The standard InChI is InChI=1S/C18H22N2O2/c1-13-11-18(22-19-13)20(15-7-9-21-10-8-15)17-12-16(17)14-5-3-2-4-6-14/h2-6,11,15-17H,7-10,12H2,1H3/t16-,17+/m0/s1. The highest BCUT2D eigenvalue weighted by Gasteiger charge is 2.46.